The van der Waals surface area contributed by atoms with E-state index in [9.17, 15) is 5.26 Å². The fraction of sp³-hybridized carbons (Fsp3) is 0.429. The zero-order chi connectivity index (χ0) is 19.0. The van der Waals surface area contributed by atoms with E-state index in [0.717, 1.165) is 67.2 Å². The monoisotopic (exact) mass is 381 g/mol. The smallest absolute Gasteiger partial charge is 0.157 e. The number of anilines is 1. The second kappa shape index (κ2) is 7.38. The molecule has 2 aromatic heterocycles. The standard InChI is InChI=1S/C21H24ClN5/c1-3-25-10-12-26(13-11-25)21-16(8-9-22)15(2)17(14-23)20-24-18-6-4-5-7-19(18)27(20)21/h4-7H,3,8-13H2,1-2H3. The molecule has 3 aromatic rings. The number of pyridine rings is 1. The van der Waals surface area contributed by atoms with Crippen LogP contribution in [0, 0.1) is 18.3 Å². The molecule has 0 amide bonds. The lowest BCUT2D eigenvalue weighted by Crippen LogP contribution is -2.47. The molecule has 0 bridgehead atoms. The molecular weight excluding hydrogens is 358 g/mol. The molecule has 3 heterocycles. The van der Waals surface area contributed by atoms with Gasteiger partial charge in [0.25, 0.3) is 0 Å². The Morgan fingerprint density at radius 2 is 1.93 bits per heavy atom. The molecule has 0 aliphatic carbocycles. The van der Waals surface area contributed by atoms with Crippen LogP contribution >= 0.6 is 11.6 Å². The second-order valence-electron chi connectivity index (χ2n) is 7.03. The van der Waals surface area contributed by atoms with Crippen LogP contribution in [0.1, 0.15) is 23.6 Å². The number of aromatic nitrogens is 2. The molecule has 6 heteroatoms. The van der Waals surface area contributed by atoms with Gasteiger partial charge < -0.3 is 9.80 Å². The lowest BCUT2D eigenvalue weighted by molar-refractivity contribution is 0.270. The van der Waals surface area contributed by atoms with Gasteiger partial charge in [0.2, 0.25) is 0 Å². The summed E-state index contributed by atoms with van der Waals surface area (Å²) in [5, 5.41) is 9.85. The topological polar surface area (TPSA) is 47.6 Å². The molecule has 1 aliphatic rings. The van der Waals surface area contributed by atoms with Crippen molar-refractivity contribution in [3.8, 4) is 6.07 Å². The number of nitrogens with zero attached hydrogens (tertiary/aromatic N) is 5. The first-order chi connectivity index (χ1) is 13.2. The van der Waals surface area contributed by atoms with E-state index in [4.69, 9.17) is 16.6 Å². The number of alkyl halides is 1. The average Bonchev–Trinajstić information content (AvgIpc) is 3.08. The van der Waals surface area contributed by atoms with Gasteiger partial charge in [-0.2, -0.15) is 5.26 Å². The summed E-state index contributed by atoms with van der Waals surface area (Å²) in [7, 11) is 0. The van der Waals surface area contributed by atoms with Gasteiger partial charge in [-0.05, 0) is 43.1 Å². The van der Waals surface area contributed by atoms with E-state index in [1.54, 1.807) is 0 Å². The quantitative estimate of drug-likeness (QED) is 0.648. The van der Waals surface area contributed by atoms with Crippen molar-refractivity contribution < 1.29 is 0 Å². The van der Waals surface area contributed by atoms with Gasteiger partial charge in [0, 0.05) is 32.1 Å². The molecule has 27 heavy (non-hydrogen) atoms. The molecule has 4 rings (SSSR count). The minimum Gasteiger partial charge on any atom is -0.355 e. The minimum atomic E-state index is 0.534. The van der Waals surface area contributed by atoms with Crippen molar-refractivity contribution in [2.75, 3.05) is 43.5 Å². The molecule has 1 fully saturated rings. The molecule has 0 radical (unpaired) electrons. The molecule has 140 valence electrons. The van der Waals surface area contributed by atoms with Crippen LogP contribution in [0.3, 0.4) is 0 Å². The average molecular weight is 382 g/mol. The van der Waals surface area contributed by atoms with E-state index in [1.807, 2.05) is 25.1 Å². The molecule has 0 atom stereocenters. The Morgan fingerprint density at radius 1 is 1.19 bits per heavy atom. The predicted molar refractivity (Wildman–Crippen MR) is 111 cm³/mol. The van der Waals surface area contributed by atoms with Crippen molar-refractivity contribution in [1.82, 2.24) is 14.3 Å². The van der Waals surface area contributed by atoms with Crippen molar-refractivity contribution in [3.05, 3.63) is 41.0 Å². The number of nitriles is 1. The Labute approximate surface area is 164 Å². The van der Waals surface area contributed by atoms with Gasteiger partial charge in [-0.15, -0.1) is 11.6 Å². The minimum absolute atomic E-state index is 0.534. The van der Waals surface area contributed by atoms with E-state index >= 15 is 0 Å². The number of likely N-dealkylation sites (N-methyl/N-ethyl adjacent to an activating group) is 1. The third kappa shape index (κ3) is 2.93. The van der Waals surface area contributed by atoms with Crippen LogP contribution in [-0.2, 0) is 6.42 Å². The maximum atomic E-state index is 9.85. The van der Waals surface area contributed by atoms with Crippen LogP contribution in [0.4, 0.5) is 5.82 Å². The molecule has 1 aliphatic heterocycles. The predicted octanol–water partition coefficient (Wildman–Crippen LogP) is 3.59. The summed E-state index contributed by atoms with van der Waals surface area (Å²) in [5.41, 5.74) is 5.55. The highest BCUT2D eigenvalue weighted by molar-refractivity contribution is 6.18. The van der Waals surface area contributed by atoms with Gasteiger partial charge in [0.05, 0.1) is 16.6 Å². The number of fused-ring (bicyclic) bond motifs is 3. The Balaban J connectivity index is 2.02. The van der Waals surface area contributed by atoms with Crippen LogP contribution in [0.2, 0.25) is 0 Å². The van der Waals surface area contributed by atoms with Crippen molar-refractivity contribution in [3.63, 3.8) is 0 Å². The fourth-order valence-corrected chi connectivity index (χ4v) is 4.35. The number of benzene rings is 1. The molecule has 0 unspecified atom stereocenters. The molecular formula is C21H24ClN5. The number of rotatable bonds is 4. The van der Waals surface area contributed by atoms with Crippen LogP contribution < -0.4 is 4.90 Å². The molecule has 1 aromatic carbocycles. The Kier molecular flexibility index (Phi) is 4.94. The van der Waals surface area contributed by atoms with Crippen molar-refractivity contribution >= 4 is 34.1 Å². The zero-order valence-electron chi connectivity index (χ0n) is 15.9. The summed E-state index contributed by atoms with van der Waals surface area (Å²) < 4.78 is 2.18. The SMILES string of the molecule is CCN1CCN(c2c(CCCl)c(C)c(C#N)c3nc4ccccc4n23)CC1. The number of para-hydroxylation sites is 2. The third-order valence-electron chi connectivity index (χ3n) is 5.67. The molecule has 0 spiro atoms. The molecule has 0 saturated carbocycles. The fourth-order valence-electron chi connectivity index (χ4n) is 4.17. The first-order valence-corrected chi connectivity index (χ1v) is 10.1. The summed E-state index contributed by atoms with van der Waals surface area (Å²) in [6.07, 6.45) is 0.744. The highest BCUT2D eigenvalue weighted by Crippen LogP contribution is 2.34. The highest BCUT2D eigenvalue weighted by Gasteiger charge is 2.26. The normalized spacial score (nSPS) is 15.6. The lowest BCUT2D eigenvalue weighted by Gasteiger charge is -2.37. The van der Waals surface area contributed by atoms with Crippen LogP contribution in [0.25, 0.3) is 16.7 Å². The van der Waals surface area contributed by atoms with Crippen molar-refractivity contribution in [2.45, 2.75) is 20.3 Å². The largest absolute Gasteiger partial charge is 0.355 e. The summed E-state index contributed by atoms with van der Waals surface area (Å²) in [4.78, 5) is 9.72. The number of piperazine rings is 1. The Hall–Kier alpha value is -2.29. The Bertz CT molecular complexity index is 1020. The van der Waals surface area contributed by atoms with Crippen LogP contribution in [-0.4, -0.2) is 52.9 Å². The summed E-state index contributed by atoms with van der Waals surface area (Å²) in [6.45, 7) is 9.35. The van der Waals surface area contributed by atoms with Crippen molar-refractivity contribution in [1.29, 1.82) is 5.26 Å². The molecule has 0 N–H and O–H groups in total. The zero-order valence-corrected chi connectivity index (χ0v) is 16.6. The first-order valence-electron chi connectivity index (χ1n) is 9.55. The summed E-state index contributed by atoms with van der Waals surface area (Å²) in [6, 6.07) is 10.5. The maximum absolute atomic E-state index is 9.85. The number of halogens is 1. The van der Waals surface area contributed by atoms with Gasteiger partial charge in [-0.3, -0.25) is 4.40 Å². The van der Waals surface area contributed by atoms with Crippen LogP contribution in [0.15, 0.2) is 24.3 Å². The number of hydrogen-bond acceptors (Lipinski definition) is 4. The van der Waals surface area contributed by atoms with Gasteiger partial charge in [0.1, 0.15) is 11.9 Å². The van der Waals surface area contributed by atoms with Crippen molar-refractivity contribution in [2.24, 2.45) is 0 Å². The Morgan fingerprint density at radius 3 is 2.59 bits per heavy atom. The van der Waals surface area contributed by atoms with E-state index < -0.39 is 0 Å². The number of hydrogen-bond donors (Lipinski definition) is 0. The highest BCUT2D eigenvalue weighted by atomic mass is 35.5. The lowest BCUT2D eigenvalue weighted by atomic mass is 10.0. The van der Waals surface area contributed by atoms with Gasteiger partial charge in [0.15, 0.2) is 5.65 Å². The van der Waals surface area contributed by atoms with Gasteiger partial charge in [-0.25, -0.2) is 4.98 Å². The van der Waals surface area contributed by atoms with E-state index in [2.05, 4.69) is 33.3 Å². The second-order valence-corrected chi connectivity index (χ2v) is 7.41. The van der Waals surface area contributed by atoms with Gasteiger partial charge >= 0.3 is 0 Å². The maximum Gasteiger partial charge on any atom is 0.157 e. The third-order valence-corrected chi connectivity index (χ3v) is 5.86. The number of imidazole rings is 1. The van der Waals surface area contributed by atoms with Crippen LogP contribution in [0.5, 0.6) is 0 Å². The van der Waals surface area contributed by atoms with E-state index in [0.29, 0.717) is 11.4 Å². The first kappa shape index (κ1) is 18.1. The molecule has 1 saturated heterocycles. The van der Waals surface area contributed by atoms with Gasteiger partial charge in [-0.1, -0.05) is 19.1 Å². The summed E-state index contributed by atoms with van der Waals surface area (Å²) >= 11 is 6.17. The van der Waals surface area contributed by atoms with E-state index in [-0.39, 0.29) is 0 Å². The van der Waals surface area contributed by atoms with E-state index in [1.165, 1.54) is 5.56 Å². The molecule has 5 nitrogen and oxygen atoms in total. The summed E-state index contributed by atoms with van der Waals surface area (Å²) in [5.74, 6) is 1.69.